The molecule has 0 radical (unpaired) electrons. The van der Waals surface area contributed by atoms with Crippen LogP contribution in [0.15, 0.2) is 36.7 Å². The molecule has 0 saturated heterocycles. The van der Waals surface area contributed by atoms with E-state index < -0.39 is 0 Å². The van der Waals surface area contributed by atoms with Gasteiger partial charge in [-0.15, -0.1) is 0 Å². The maximum atomic E-state index is 9.02. The van der Waals surface area contributed by atoms with Crippen LogP contribution in [-0.2, 0) is 6.54 Å². The van der Waals surface area contributed by atoms with E-state index in [1.54, 1.807) is 13.3 Å². The number of ether oxygens (including phenoxy) is 1. The molecular weight excluding hydrogens is 240 g/mol. The summed E-state index contributed by atoms with van der Waals surface area (Å²) in [4.78, 5) is 10.1. The molecule has 0 fully saturated rings. The van der Waals surface area contributed by atoms with E-state index in [2.05, 4.69) is 9.97 Å². The summed E-state index contributed by atoms with van der Waals surface area (Å²) >= 11 is 0. The highest BCUT2D eigenvalue weighted by molar-refractivity contribution is 5.49. The summed E-state index contributed by atoms with van der Waals surface area (Å²) in [5.41, 5.74) is 1.41. The van der Waals surface area contributed by atoms with Crippen LogP contribution < -0.4 is 9.64 Å². The van der Waals surface area contributed by atoms with E-state index in [1.165, 1.54) is 6.20 Å². The fourth-order valence-corrected chi connectivity index (χ4v) is 1.81. The van der Waals surface area contributed by atoms with Gasteiger partial charge in [-0.05, 0) is 17.7 Å². The number of methoxy groups -OCH3 is 1. The Kier molecular flexibility index (Phi) is 3.94. The largest absolute Gasteiger partial charge is 0.497 e. The molecule has 0 amide bonds. The van der Waals surface area contributed by atoms with Gasteiger partial charge in [0.2, 0.25) is 0 Å². The van der Waals surface area contributed by atoms with E-state index in [0.29, 0.717) is 18.1 Å². The van der Waals surface area contributed by atoms with Gasteiger partial charge in [-0.25, -0.2) is 9.97 Å². The molecule has 1 aromatic heterocycles. The van der Waals surface area contributed by atoms with Gasteiger partial charge in [-0.1, -0.05) is 12.1 Å². The first-order chi connectivity index (χ1) is 9.24. The lowest BCUT2D eigenvalue weighted by Gasteiger charge is -2.18. The Balaban J connectivity index is 2.21. The smallest absolute Gasteiger partial charge is 0.183 e. The van der Waals surface area contributed by atoms with Crippen molar-refractivity contribution in [1.82, 2.24) is 9.97 Å². The summed E-state index contributed by atoms with van der Waals surface area (Å²) in [6, 6.07) is 9.83. The van der Waals surface area contributed by atoms with Gasteiger partial charge in [0, 0.05) is 26.0 Å². The molecule has 0 aliphatic heterocycles. The Labute approximate surface area is 112 Å². The molecule has 5 heteroatoms. The highest BCUT2D eigenvalue weighted by Gasteiger charge is 2.10. The molecular formula is C14H14N4O. The Morgan fingerprint density at radius 3 is 2.84 bits per heavy atom. The van der Waals surface area contributed by atoms with Crippen molar-refractivity contribution in [2.75, 3.05) is 19.1 Å². The molecule has 0 N–H and O–H groups in total. The molecule has 0 unspecified atom stereocenters. The van der Waals surface area contributed by atoms with Gasteiger partial charge in [-0.3, -0.25) is 0 Å². The lowest BCUT2D eigenvalue weighted by Crippen LogP contribution is -2.19. The third-order valence-electron chi connectivity index (χ3n) is 2.70. The van der Waals surface area contributed by atoms with Crippen molar-refractivity contribution in [3.05, 3.63) is 47.9 Å². The lowest BCUT2D eigenvalue weighted by molar-refractivity contribution is 0.414. The normalized spacial score (nSPS) is 9.74. The van der Waals surface area contributed by atoms with Crippen LogP contribution in [0, 0.1) is 11.3 Å². The van der Waals surface area contributed by atoms with Gasteiger partial charge >= 0.3 is 0 Å². The summed E-state index contributed by atoms with van der Waals surface area (Å²) in [7, 11) is 3.52. The van der Waals surface area contributed by atoms with Gasteiger partial charge in [0.15, 0.2) is 11.5 Å². The van der Waals surface area contributed by atoms with E-state index in [9.17, 15) is 0 Å². The second-order valence-corrected chi connectivity index (χ2v) is 4.05. The number of benzene rings is 1. The summed E-state index contributed by atoms with van der Waals surface area (Å²) < 4.78 is 5.19. The summed E-state index contributed by atoms with van der Waals surface area (Å²) in [6.07, 6.45) is 3.10. The number of nitrogens with zero attached hydrogens (tertiary/aromatic N) is 4. The number of rotatable bonds is 4. The Morgan fingerprint density at radius 1 is 1.32 bits per heavy atom. The first-order valence-corrected chi connectivity index (χ1v) is 5.79. The fraction of sp³-hybridized carbons (Fsp3) is 0.214. The maximum Gasteiger partial charge on any atom is 0.183 e. The Bertz CT molecular complexity index is 606. The average molecular weight is 254 g/mol. The van der Waals surface area contributed by atoms with E-state index >= 15 is 0 Å². The zero-order valence-corrected chi connectivity index (χ0v) is 10.9. The highest BCUT2D eigenvalue weighted by atomic mass is 16.5. The summed E-state index contributed by atoms with van der Waals surface area (Å²) in [6.45, 7) is 0.630. The first kappa shape index (κ1) is 12.8. The molecule has 0 aliphatic rings. The zero-order valence-electron chi connectivity index (χ0n) is 10.9. The summed E-state index contributed by atoms with van der Waals surface area (Å²) in [5.74, 6) is 1.39. The molecule has 5 nitrogen and oxygen atoms in total. The van der Waals surface area contributed by atoms with Crippen molar-refractivity contribution in [3.63, 3.8) is 0 Å². The monoisotopic (exact) mass is 254 g/mol. The maximum absolute atomic E-state index is 9.02. The van der Waals surface area contributed by atoms with Crippen LogP contribution in [0.2, 0.25) is 0 Å². The second-order valence-electron chi connectivity index (χ2n) is 4.05. The van der Waals surface area contributed by atoms with Crippen LogP contribution in [0.1, 0.15) is 11.3 Å². The molecule has 19 heavy (non-hydrogen) atoms. The molecule has 96 valence electrons. The number of hydrogen-bond acceptors (Lipinski definition) is 5. The average Bonchev–Trinajstić information content (AvgIpc) is 2.47. The SMILES string of the molecule is COc1cccc(CN(C)c2nccnc2C#N)c1. The zero-order chi connectivity index (χ0) is 13.7. The van der Waals surface area contributed by atoms with Crippen LogP contribution in [0.4, 0.5) is 5.82 Å². The summed E-state index contributed by atoms with van der Waals surface area (Å²) in [5, 5.41) is 9.02. The van der Waals surface area contributed by atoms with E-state index in [4.69, 9.17) is 10.00 Å². The standard InChI is InChI=1S/C14H14N4O/c1-18(14-13(9-15)16-6-7-17-14)10-11-4-3-5-12(8-11)19-2/h3-8H,10H2,1-2H3. The number of aromatic nitrogens is 2. The van der Waals surface area contributed by atoms with E-state index in [0.717, 1.165) is 11.3 Å². The van der Waals surface area contributed by atoms with Crippen molar-refractivity contribution in [2.45, 2.75) is 6.54 Å². The molecule has 2 aromatic rings. The van der Waals surface area contributed by atoms with Crippen molar-refractivity contribution in [1.29, 1.82) is 5.26 Å². The van der Waals surface area contributed by atoms with Gasteiger partial charge in [0.1, 0.15) is 11.8 Å². The molecule has 1 heterocycles. The van der Waals surface area contributed by atoms with Crippen molar-refractivity contribution in [2.24, 2.45) is 0 Å². The fourth-order valence-electron chi connectivity index (χ4n) is 1.81. The van der Waals surface area contributed by atoms with Crippen molar-refractivity contribution < 1.29 is 4.74 Å². The second kappa shape index (κ2) is 5.83. The van der Waals surface area contributed by atoms with Crippen LogP contribution in [-0.4, -0.2) is 24.1 Å². The Hall–Kier alpha value is -2.61. The minimum atomic E-state index is 0.327. The Morgan fingerprint density at radius 2 is 2.11 bits per heavy atom. The quantitative estimate of drug-likeness (QED) is 0.835. The third kappa shape index (κ3) is 2.99. The van der Waals surface area contributed by atoms with Crippen LogP contribution in [0.3, 0.4) is 0 Å². The highest BCUT2D eigenvalue weighted by Crippen LogP contribution is 2.18. The predicted octanol–water partition coefficient (Wildman–Crippen LogP) is 1.99. The number of anilines is 1. The third-order valence-corrected chi connectivity index (χ3v) is 2.70. The molecule has 0 atom stereocenters. The topological polar surface area (TPSA) is 62.0 Å². The van der Waals surface area contributed by atoms with Crippen molar-refractivity contribution in [3.8, 4) is 11.8 Å². The van der Waals surface area contributed by atoms with Gasteiger partial charge in [0.05, 0.1) is 7.11 Å². The van der Waals surface area contributed by atoms with Gasteiger partial charge in [-0.2, -0.15) is 5.26 Å². The molecule has 0 saturated carbocycles. The van der Waals surface area contributed by atoms with E-state index in [1.807, 2.05) is 42.3 Å². The van der Waals surface area contributed by atoms with Crippen LogP contribution >= 0.6 is 0 Å². The minimum Gasteiger partial charge on any atom is -0.497 e. The van der Waals surface area contributed by atoms with Crippen LogP contribution in [0.5, 0.6) is 5.75 Å². The predicted molar refractivity (Wildman–Crippen MR) is 71.8 cm³/mol. The molecule has 1 aromatic carbocycles. The first-order valence-electron chi connectivity index (χ1n) is 5.79. The lowest BCUT2D eigenvalue weighted by atomic mass is 10.2. The van der Waals surface area contributed by atoms with Gasteiger partial charge < -0.3 is 9.64 Å². The molecule has 2 rings (SSSR count). The van der Waals surface area contributed by atoms with Crippen LogP contribution in [0.25, 0.3) is 0 Å². The van der Waals surface area contributed by atoms with E-state index in [-0.39, 0.29) is 0 Å². The van der Waals surface area contributed by atoms with Gasteiger partial charge in [0.25, 0.3) is 0 Å². The minimum absolute atomic E-state index is 0.327. The van der Waals surface area contributed by atoms with Crippen molar-refractivity contribution >= 4 is 5.82 Å². The molecule has 0 aliphatic carbocycles. The molecule has 0 spiro atoms. The molecule has 0 bridgehead atoms. The number of nitriles is 1. The number of hydrogen-bond donors (Lipinski definition) is 0.